The molecule has 0 aliphatic rings. The molecule has 2 aromatic carbocycles. The fourth-order valence-electron chi connectivity index (χ4n) is 1.81. The highest BCUT2D eigenvalue weighted by Gasteiger charge is 2.07. The summed E-state index contributed by atoms with van der Waals surface area (Å²) in [6.45, 7) is 0.474. The van der Waals surface area contributed by atoms with Crippen LogP contribution in [0.2, 0.25) is 0 Å². The molecule has 0 aliphatic heterocycles. The molecule has 21 heavy (non-hydrogen) atoms. The molecule has 0 atom stereocenters. The molecular weight excluding hydrogens is 296 g/mol. The molecule has 0 spiro atoms. The summed E-state index contributed by atoms with van der Waals surface area (Å²) in [5.41, 5.74) is 1.63. The third kappa shape index (κ3) is 4.26. The molecule has 0 saturated heterocycles. The monoisotopic (exact) mass is 311 g/mol. The van der Waals surface area contributed by atoms with Crippen LogP contribution in [0.3, 0.4) is 0 Å². The lowest BCUT2D eigenvalue weighted by Gasteiger charge is -2.08. The van der Waals surface area contributed by atoms with Gasteiger partial charge in [0.2, 0.25) is 0 Å². The van der Waals surface area contributed by atoms with E-state index in [-0.39, 0.29) is 10.5 Å². The van der Waals surface area contributed by atoms with Crippen LogP contribution in [0.4, 0.5) is 14.5 Å². The molecule has 1 N–H and O–H groups in total. The molecule has 2 aromatic rings. The molecule has 0 saturated carbocycles. The maximum Gasteiger partial charge on any atom is 0.263 e. The number of halogens is 2. The summed E-state index contributed by atoms with van der Waals surface area (Å²) < 4.78 is 47.5. The number of nitrogens with one attached hydrogen (secondary N) is 1. The van der Waals surface area contributed by atoms with Crippen molar-refractivity contribution in [3.63, 3.8) is 0 Å². The Kier molecular flexibility index (Phi) is 4.57. The highest BCUT2D eigenvalue weighted by molar-refractivity contribution is 7.90. The van der Waals surface area contributed by atoms with Gasteiger partial charge in [0.1, 0.15) is 0 Å². The van der Waals surface area contributed by atoms with E-state index in [1.54, 1.807) is 24.3 Å². The number of benzene rings is 2. The Morgan fingerprint density at radius 2 is 1.57 bits per heavy atom. The summed E-state index contributed by atoms with van der Waals surface area (Å²) in [4.78, 5) is 0.259. The van der Waals surface area contributed by atoms with Crippen LogP contribution >= 0.6 is 0 Å². The molecule has 6 heteroatoms. The topological polar surface area (TPSA) is 46.2 Å². The van der Waals surface area contributed by atoms with Crippen LogP contribution in [-0.4, -0.2) is 14.7 Å². The van der Waals surface area contributed by atoms with Crippen molar-refractivity contribution in [1.82, 2.24) is 0 Å². The van der Waals surface area contributed by atoms with Gasteiger partial charge in [-0.05, 0) is 29.8 Å². The number of alkyl halides is 2. The first kappa shape index (κ1) is 15.4. The Bertz CT molecular complexity index is 695. The SMILES string of the molecule is CS(=O)(=O)c1ccc(NCc2ccc(C(F)F)cc2)cc1. The Morgan fingerprint density at radius 3 is 2.05 bits per heavy atom. The van der Waals surface area contributed by atoms with Crippen molar-refractivity contribution in [1.29, 1.82) is 0 Å². The zero-order chi connectivity index (χ0) is 15.5. The van der Waals surface area contributed by atoms with E-state index in [2.05, 4.69) is 5.32 Å². The predicted octanol–water partition coefficient (Wildman–Crippen LogP) is 3.64. The second kappa shape index (κ2) is 6.22. The highest BCUT2D eigenvalue weighted by Crippen LogP contribution is 2.19. The largest absolute Gasteiger partial charge is 0.381 e. The maximum absolute atomic E-state index is 12.4. The van der Waals surface area contributed by atoms with Crippen molar-refractivity contribution in [3.05, 3.63) is 59.7 Å². The third-order valence-corrected chi connectivity index (χ3v) is 4.14. The molecule has 0 heterocycles. The van der Waals surface area contributed by atoms with Gasteiger partial charge in [-0.25, -0.2) is 17.2 Å². The van der Waals surface area contributed by atoms with Crippen molar-refractivity contribution in [3.8, 4) is 0 Å². The maximum atomic E-state index is 12.4. The average Bonchev–Trinajstić information content (AvgIpc) is 2.45. The van der Waals surface area contributed by atoms with Gasteiger partial charge in [0, 0.05) is 24.1 Å². The van der Waals surface area contributed by atoms with E-state index in [1.165, 1.54) is 24.3 Å². The smallest absolute Gasteiger partial charge is 0.263 e. The van der Waals surface area contributed by atoms with Crippen molar-refractivity contribution in [2.45, 2.75) is 17.9 Å². The van der Waals surface area contributed by atoms with E-state index in [0.717, 1.165) is 17.5 Å². The van der Waals surface area contributed by atoms with Crippen LogP contribution in [-0.2, 0) is 16.4 Å². The second-order valence-corrected chi connectivity index (χ2v) is 6.71. The lowest BCUT2D eigenvalue weighted by molar-refractivity contribution is 0.151. The molecule has 0 amide bonds. The number of sulfone groups is 1. The molecule has 112 valence electrons. The predicted molar refractivity (Wildman–Crippen MR) is 78.3 cm³/mol. The van der Waals surface area contributed by atoms with Crippen LogP contribution < -0.4 is 5.32 Å². The first-order valence-corrected chi connectivity index (χ1v) is 8.16. The van der Waals surface area contributed by atoms with Gasteiger partial charge in [0.05, 0.1) is 4.90 Å². The second-order valence-electron chi connectivity index (χ2n) is 4.69. The minimum Gasteiger partial charge on any atom is -0.381 e. The fourth-order valence-corrected chi connectivity index (χ4v) is 2.44. The lowest BCUT2D eigenvalue weighted by atomic mass is 10.1. The van der Waals surface area contributed by atoms with Crippen LogP contribution in [0.5, 0.6) is 0 Å². The molecule has 0 aromatic heterocycles. The normalized spacial score (nSPS) is 11.6. The highest BCUT2D eigenvalue weighted by atomic mass is 32.2. The van der Waals surface area contributed by atoms with E-state index >= 15 is 0 Å². The Balaban J connectivity index is 2.00. The molecule has 0 radical (unpaired) electrons. The van der Waals surface area contributed by atoms with Crippen LogP contribution in [0.25, 0.3) is 0 Å². The first-order chi connectivity index (χ1) is 9.86. The summed E-state index contributed by atoms with van der Waals surface area (Å²) in [7, 11) is -3.20. The number of anilines is 1. The quantitative estimate of drug-likeness (QED) is 0.917. The molecular formula is C15H15F2NO2S. The van der Waals surface area contributed by atoms with Crippen LogP contribution in [0.15, 0.2) is 53.4 Å². The zero-order valence-corrected chi connectivity index (χ0v) is 12.2. The lowest BCUT2D eigenvalue weighted by Crippen LogP contribution is -2.01. The van der Waals surface area contributed by atoms with Crippen molar-refractivity contribution in [2.24, 2.45) is 0 Å². The molecule has 0 bridgehead atoms. The van der Waals surface area contributed by atoms with Gasteiger partial charge in [0.15, 0.2) is 9.84 Å². The van der Waals surface area contributed by atoms with E-state index in [0.29, 0.717) is 6.54 Å². The van der Waals surface area contributed by atoms with E-state index < -0.39 is 16.3 Å². The molecule has 2 rings (SSSR count). The zero-order valence-electron chi connectivity index (χ0n) is 11.4. The minimum absolute atomic E-state index is 0.00347. The Morgan fingerprint density at radius 1 is 1.00 bits per heavy atom. The van der Waals surface area contributed by atoms with Gasteiger partial charge in [0.25, 0.3) is 6.43 Å². The van der Waals surface area contributed by atoms with E-state index in [9.17, 15) is 17.2 Å². The van der Waals surface area contributed by atoms with Gasteiger partial charge in [-0.2, -0.15) is 0 Å². The van der Waals surface area contributed by atoms with Crippen LogP contribution in [0.1, 0.15) is 17.6 Å². The summed E-state index contributed by atoms with van der Waals surface area (Å²) in [5.74, 6) is 0. The van der Waals surface area contributed by atoms with Gasteiger partial charge >= 0.3 is 0 Å². The fraction of sp³-hybridized carbons (Fsp3) is 0.200. The van der Waals surface area contributed by atoms with Gasteiger partial charge in [-0.1, -0.05) is 24.3 Å². The summed E-state index contributed by atoms with van der Waals surface area (Å²) in [5, 5.41) is 3.11. The van der Waals surface area contributed by atoms with Crippen LogP contribution in [0, 0.1) is 0 Å². The number of rotatable bonds is 5. The number of hydrogen-bond acceptors (Lipinski definition) is 3. The average molecular weight is 311 g/mol. The number of hydrogen-bond donors (Lipinski definition) is 1. The van der Waals surface area contributed by atoms with Gasteiger partial charge < -0.3 is 5.32 Å². The van der Waals surface area contributed by atoms with Gasteiger partial charge in [-0.3, -0.25) is 0 Å². The first-order valence-electron chi connectivity index (χ1n) is 6.27. The van der Waals surface area contributed by atoms with Crippen molar-refractivity contribution >= 4 is 15.5 Å². The Labute approximate surface area is 122 Å². The molecule has 0 aliphatic carbocycles. The molecule has 0 unspecified atom stereocenters. The van der Waals surface area contributed by atoms with E-state index in [4.69, 9.17) is 0 Å². The van der Waals surface area contributed by atoms with Crippen molar-refractivity contribution < 1.29 is 17.2 Å². The third-order valence-electron chi connectivity index (χ3n) is 3.01. The van der Waals surface area contributed by atoms with Crippen molar-refractivity contribution in [2.75, 3.05) is 11.6 Å². The summed E-state index contributed by atoms with van der Waals surface area (Å²) in [6.07, 6.45) is -1.31. The summed E-state index contributed by atoms with van der Waals surface area (Å²) >= 11 is 0. The summed E-state index contributed by atoms with van der Waals surface area (Å²) in [6, 6.07) is 12.5. The minimum atomic E-state index is -3.20. The molecule has 3 nitrogen and oxygen atoms in total. The standard InChI is InChI=1S/C15H15F2NO2S/c1-21(19,20)14-8-6-13(7-9-14)18-10-11-2-4-12(5-3-11)15(16)17/h2-9,15,18H,10H2,1H3. The van der Waals surface area contributed by atoms with E-state index in [1.807, 2.05) is 0 Å². The molecule has 0 fully saturated rings. The Hall–Kier alpha value is -1.95. The van der Waals surface area contributed by atoms with Gasteiger partial charge in [-0.15, -0.1) is 0 Å².